The summed E-state index contributed by atoms with van der Waals surface area (Å²) in [6.07, 6.45) is 1.63. The largest absolute Gasteiger partial charge is 0.462 e. The molecule has 0 saturated heterocycles. The summed E-state index contributed by atoms with van der Waals surface area (Å²) in [5.74, 6) is -0.454. The number of carbonyl (C=O) groups is 2. The Balaban J connectivity index is 2.62. The average Bonchev–Trinajstić information content (AvgIpc) is 2.51. The maximum absolute atomic E-state index is 11.9. The maximum atomic E-state index is 11.9. The Morgan fingerprint density at radius 2 is 1.86 bits per heavy atom. The molecule has 1 aromatic carbocycles. The fraction of sp³-hybridized carbons (Fsp3) is 0.500. The van der Waals surface area contributed by atoms with Gasteiger partial charge >= 0.3 is 5.97 Å². The minimum Gasteiger partial charge on any atom is -0.462 e. The predicted octanol–water partition coefficient (Wildman–Crippen LogP) is 2.57. The van der Waals surface area contributed by atoms with Crippen molar-refractivity contribution in [2.45, 2.75) is 39.7 Å². The van der Waals surface area contributed by atoms with Crippen LogP contribution >= 0.6 is 0 Å². The topological polar surface area (TPSA) is 81.4 Å². The lowest BCUT2D eigenvalue weighted by Crippen LogP contribution is -2.40. The molecule has 0 heterocycles. The van der Waals surface area contributed by atoms with Gasteiger partial charge in [-0.15, -0.1) is 0 Å². The van der Waals surface area contributed by atoms with Crippen LogP contribution in [-0.4, -0.2) is 24.5 Å². The number of nitrogens with one attached hydrogen (secondary N) is 1. The SMILES string of the molecule is CCCOC(=O)c1ccc(NC(=O)C(N)C(C)CC)cc1. The fourth-order valence-corrected chi connectivity index (χ4v) is 1.71. The van der Waals surface area contributed by atoms with Crippen molar-refractivity contribution in [3.63, 3.8) is 0 Å². The second-order valence-corrected chi connectivity index (χ2v) is 5.11. The number of hydrogen-bond donors (Lipinski definition) is 2. The van der Waals surface area contributed by atoms with Gasteiger partial charge in [0.15, 0.2) is 0 Å². The predicted molar refractivity (Wildman–Crippen MR) is 83.1 cm³/mol. The van der Waals surface area contributed by atoms with Crippen molar-refractivity contribution in [1.29, 1.82) is 0 Å². The first-order valence-corrected chi connectivity index (χ1v) is 7.33. The van der Waals surface area contributed by atoms with E-state index in [1.165, 1.54) is 0 Å². The number of benzene rings is 1. The van der Waals surface area contributed by atoms with Crippen LogP contribution in [-0.2, 0) is 9.53 Å². The molecule has 21 heavy (non-hydrogen) atoms. The number of rotatable bonds is 7. The van der Waals surface area contributed by atoms with E-state index in [2.05, 4.69) is 5.32 Å². The van der Waals surface area contributed by atoms with Gasteiger partial charge in [-0.1, -0.05) is 27.2 Å². The van der Waals surface area contributed by atoms with Gasteiger partial charge in [0.05, 0.1) is 18.2 Å². The lowest BCUT2D eigenvalue weighted by atomic mass is 9.99. The molecular weight excluding hydrogens is 268 g/mol. The van der Waals surface area contributed by atoms with Crippen LogP contribution in [0.3, 0.4) is 0 Å². The van der Waals surface area contributed by atoms with Gasteiger partial charge < -0.3 is 15.8 Å². The molecule has 3 N–H and O–H groups in total. The lowest BCUT2D eigenvalue weighted by molar-refractivity contribution is -0.118. The average molecular weight is 292 g/mol. The molecule has 0 aromatic heterocycles. The van der Waals surface area contributed by atoms with Crippen LogP contribution in [0.1, 0.15) is 44.0 Å². The van der Waals surface area contributed by atoms with Crippen molar-refractivity contribution in [2.24, 2.45) is 11.7 Å². The van der Waals surface area contributed by atoms with Crippen molar-refractivity contribution in [3.05, 3.63) is 29.8 Å². The number of amides is 1. The molecule has 1 rings (SSSR count). The summed E-state index contributed by atoms with van der Waals surface area (Å²) in [5, 5.41) is 2.75. The molecular formula is C16H24N2O3. The summed E-state index contributed by atoms with van der Waals surface area (Å²) >= 11 is 0. The van der Waals surface area contributed by atoms with E-state index in [9.17, 15) is 9.59 Å². The van der Waals surface area contributed by atoms with Crippen molar-refractivity contribution in [3.8, 4) is 0 Å². The zero-order chi connectivity index (χ0) is 15.8. The van der Waals surface area contributed by atoms with Crippen LogP contribution < -0.4 is 11.1 Å². The minimum absolute atomic E-state index is 0.119. The highest BCUT2D eigenvalue weighted by molar-refractivity contribution is 5.95. The number of ether oxygens (including phenoxy) is 1. The Hall–Kier alpha value is -1.88. The standard InChI is InChI=1S/C16H24N2O3/c1-4-10-21-16(20)12-6-8-13(9-7-12)18-15(19)14(17)11(3)5-2/h6-9,11,14H,4-5,10,17H2,1-3H3,(H,18,19). The van der Waals surface area contributed by atoms with Gasteiger partial charge in [-0.2, -0.15) is 0 Å². The van der Waals surface area contributed by atoms with E-state index in [0.717, 1.165) is 12.8 Å². The number of esters is 1. The third-order valence-corrected chi connectivity index (χ3v) is 3.39. The van der Waals surface area contributed by atoms with E-state index < -0.39 is 6.04 Å². The Labute approximate surface area is 125 Å². The Bertz CT molecular complexity index is 471. The molecule has 5 nitrogen and oxygen atoms in total. The molecule has 116 valence electrons. The molecule has 0 saturated carbocycles. The molecule has 0 fully saturated rings. The summed E-state index contributed by atoms with van der Waals surface area (Å²) in [7, 11) is 0. The molecule has 0 aliphatic rings. The van der Waals surface area contributed by atoms with E-state index in [-0.39, 0.29) is 17.8 Å². The summed E-state index contributed by atoms with van der Waals surface area (Å²) in [6, 6.07) is 6.06. The molecule has 1 amide bonds. The summed E-state index contributed by atoms with van der Waals surface area (Å²) in [6.45, 7) is 6.28. The Morgan fingerprint density at radius 1 is 1.24 bits per heavy atom. The van der Waals surface area contributed by atoms with Crippen LogP contribution in [0.2, 0.25) is 0 Å². The van der Waals surface area contributed by atoms with Gasteiger partial charge in [0, 0.05) is 5.69 Å². The van der Waals surface area contributed by atoms with Gasteiger partial charge in [-0.05, 0) is 36.6 Å². The fourth-order valence-electron chi connectivity index (χ4n) is 1.71. The van der Waals surface area contributed by atoms with E-state index >= 15 is 0 Å². The molecule has 0 radical (unpaired) electrons. The molecule has 0 spiro atoms. The van der Waals surface area contributed by atoms with E-state index in [4.69, 9.17) is 10.5 Å². The quantitative estimate of drug-likeness (QED) is 0.757. The zero-order valence-corrected chi connectivity index (χ0v) is 12.9. The molecule has 1 aromatic rings. The highest BCUT2D eigenvalue weighted by atomic mass is 16.5. The second-order valence-electron chi connectivity index (χ2n) is 5.11. The molecule has 5 heteroatoms. The molecule has 2 atom stereocenters. The van der Waals surface area contributed by atoms with Crippen molar-refractivity contribution in [1.82, 2.24) is 0 Å². The Kier molecular flexibility index (Phi) is 6.88. The van der Waals surface area contributed by atoms with Gasteiger partial charge in [-0.25, -0.2) is 4.79 Å². The molecule has 0 bridgehead atoms. The van der Waals surface area contributed by atoms with Crippen LogP contribution in [0.5, 0.6) is 0 Å². The minimum atomic E-state index is -0.538. The number of anilines is 1. The molecule has 0 aliphatic heterocycles. The van der Waals surface area contributed by atoms with Crippen LogP contribution in [0.15, 0.2) is 24.3 Å². The van der Waals surface area contributed by atoms with E-state index in [0.29, 0.717) is 17.9 Å². The monoisotopic (exact) mass is 292 g/mol. The zero-order valence-electron chi connectivity index (χ0n) is 12.9. The van der Waals surface area contributed by atoms with Crippen molar-refractivity contribution in [2.75, 3.05) is 11.9 Å². The molecule has 2 unspecified atom stereocenters. The lowest BCUT2D eigenvalue weighted by Gasteiger charge is -2.17. The van der Waals surface area contributed by atoms with E-state index in [1.807, 2.05) is 20.8 Å². The van der Waals surface area contributed by atoms with Crippen molar-refractivity contribution < 1.29 is 14.3 Å². The summed E-state index contributed by atoms with van der Waals surface area (Å²) < 4.78 is 5.04. The Morgan fingerprint density at radius 3 is 2.38 bits per heavy atom. The smallest absolute Gasteiger partial charge is 0.338 e. The first-order valence-electron chi connectivity index (χ1n) is 7.33. The summed E-state index contributed by atoms with van der Waals surface area (Å²) in [5.41, 5.74) is 6.95. The third kappa shape index (κ3) is 5.19. The first-order chi connectivity index (χ1) is 9.99. The number of nitrogens with two attached hydrogens (primary N) is 1. The highest BCUT2D eigenvalue weighted by Crippen LogP contribution is 2.13. The maximum Gasteiger partial charge on any atom is 0.338 e. The van der Waals surface area contributed by atoms with Gasteiger partial charge in [0.1, 0.15) is 0 Å². The molecule has 0 aliphatic carbocycles. The van der Waals surface area contributed by atoms with Crippen LogP contribution in [0, 0.1) is 5.92 Å². The summed E-state index contributed by atoms with van der Waals surface area (Å²) in [4.78, 5) is 23.6. The normalized spacial score (nSPS) is 13.3. The highest BCUT2D eigenvalue weighted by Gasteiger charge is 2.19. The number of hydrogen-bond acceptors (Lipinski definition) is 4. The van der Waals surface area contributed by atoms with Crippen LogP contribution in [0.25, 0.3) is 0 Å². The third-order valence-electron chi connectivity index (χ3n) is 3.39. The van der Waals surface area contributed by atoms with Gasteiger partial charge in [0.2, 0.25) is 5.91 Å². The second kappa shape index (κ2) is 8.42. The van der Waals surface area contributed by atoms with Crippen LogP contribution in [0.4, 0.5) is 5.69 Å². The van der Waals surface area contributed by atoms with Crippen molar-refractivity contribution >= 4 is 17.6 Å². The van der Waals surface area contributed by atoms with E-state index in [1.54, 1.807) is 24.3 Å². The first kappa shape index (κ1) is 17.2. The number of carbonyl (C=O) groups excluding carboxylic acids is 2. The van der Waals surface area contributed by atoms with Gasteiger partial charge in [0.25, 0.3) is 0 Å². The van der Waals surface area contributed by atoms with Gasteiger partial charge in [-0.3, -0.25) is 4.79 Å².